The van der Waals surface area contributed by atoms with Gasteiger partial charge in [0.2, 0.25) is 0 Å². The number of amidine groups is 1. The first-order chi connectivity index (χ1) is 6.50. The van der Waals surface area contributed by atoms with Crippen molar-refractivity contribution in [3.8, 4) is 0 Å². The molecule has 0 amide bonds. The Bertz CT molecular complexity index is 357. The molecule has 0 spiro atoms. The molecule has 76 valence electrons. The van der Waals surface area contributed by atoms with Crippen molar-refractivity contribution in [3.05, 3.63) is 33.8 Å². The van der Waals surface area contributed by atoms with Gasteiger partial charge in [0, 0.05) is 10.0 Å². The third-order valence-electron chi connectivity index (χ3n) is 1.81. The highest BCUT2D eigenvalue weighted by Gasteiger charge is 2.08. The van der Waals surface area contributed by atoms with Crippen LogP contribution in [0.3, 0.4) is 0 Å². The lowest BCUT2D eigenvalue weighted by Gasteiger charge is -2.09. The number of hydrogen-bond acceptors (Lipinski definition) is 1. The maximum Gasteiger partial charge on any atom is 0.0913 e. The average Bonchev–Trinajstić information content (AvgIpc) is 2.01. The van der Waals surface area contributed by atoms with E-state index in [-0.39, 0.29) is 6.04 Å². The van der Waals surface area contributed by atoms with Gasteiger partial charge in [0.1, 0.15) is 0 Å². The van der Waals surface area contributed by atoms with Gasteiger partial charge in [0.15, 0.2) is 0 Å². The van der Waals surface area contributed by atoms with Crippen LogP contribution in [0.4, 0.5) is 0 Å². The second-order valence-corrected chi connectivity index (χ2v) is 3.96. The van der Waals surface area contributed by atoms with Crippen LogP contribution in [0.25, 0.3) is 0 Å². The zero-order valence-corrected chi connectivity index (χ0v) is 9.60. The van der Waals surface area contributed by atoms with Crippen LogP contribution in [0.5, 0.6) is 0 Å². The van der Waals surface area contributed by atoms with Crippen molar-refractivity contribution in [1.82, 2.24) is 0 Å². The Hall–Kier alpha value is -0.730. The maximum absolute atomic E-state index is 6.01. The maximum atomic E-state index is 6.01. The van der Waals surface area contributed by atoms with Crippen LogP contribution < -0.4 is 5.73 Å². The number of aliphatic imine (C=N–C) groups is 1. The number of nitrogens with zero attached hydrogens (tertiary/aromatic N) is 1. The molecule has 0 saturated carbocycles. The molecule has 1 aromatic carbocycles. The van der Waals surface area contributed by atoms with Crippen LogP contribution in [0.2, 0.25) is 10.0 Å². The van der Waals surface area contributed by atoms with Gasteiger partial charge in [-0.25, -0.2) is 0 Å². The predicted molar refractivity (Wildman–Crippen MR) is 62.2 cm³/mol. The lowest BCUT2D eigenvalue weighted by molar-refractivity contribution is 0.817. The minimum absolute atomic E-state index is 0.0373. The highest BCUT2D eigenvalue weighted by Crippen LogP contribution is 2.27. The molecule has 1 atom stereocenters. The minimum atomic E-state index is -0.0373. The second-order valence-electron chi connectivity index (χ2n) is 3.11. The molecule has 0 aromatic heterocycles. The zero-order valence-electron chi connectivity index (χ0n) is 8.09. The molecule has 1 rings (SSSR count). The van der Waals surface area contributed by atoms with E-state index in [0.717, 1.165) is 5.56 Å². The third kappa shape index (κ3) is 2.89. The van der Waals surface area contributed by atoms with E-state index < -0.39 is 0 Å². The Kier molecular flexibility index (Phi) is 3.78. The summed E-state index contributed by atoms with van der Waals surface area (Å²) in [5, 5.41) is 1.24. The van der Waals surface area contributed by atoms with Crippen molar-refractivity contribution in [3.63, 3.8) is 0 Å². The number of halogens is 2. The summed E-state index contributed by atoms with van der Waals surface area (Å²) in [5.41, 5.74) is 6.42. The summed E-state index contributed by atoms with van der Waals surface area (Å²) in [6.45, 7) is 3.69. The van der Waals surface area contributed by atoms with Gasteiger partial charge in [0.25, 0.3) is 0 Å². The zero-order chi connectivity index (χ0) is 10.7. The smallest absolute Gasteiger partial charge is 0.0913 e. The normalized spacial score (nSPS) is 14.1. The average molecular weight is 231 g/mol. The molecule has 0 radical (unpaired) electrons. The fraction of sp³-hybridized carbons (Fsp3) is 0.300. The molecular weight excluding hydrogens is 219 g/mol. The summed E-state index contributed by atoms with van der Waals surface area (Å²) < 4.78 is 0. The highest BCUT2D eigenvalue weighted by molar-refractivity contribution is 6.35. The summed E-state index contributed by atoms with van der Waals surface area (Å²) in [4.78, 5) is 4.21. The Labute approximate surface area is 93.7 Å². The number of hydrogen-bond donors (Lipinski definition) is 1. The molecule has 0 bridgehead atoms. The van der Waals surface area contributed by atoms with Gasteiger partial charge in [-0.1, -0.05) is 29.3 Å². The largest absolute Gasteiger partial charge is 0.388 e. The molecule has 1 unspecified atom stereocenters. The fourth-order valence-electron chi connectivity index (χ4n) is 1.22. The van der Waals surface area contributed by atoms with Crippen molar-refractivity contribution >= 4 is 29.0 Å². The van der Waals surface area contributed by atoms with Gasteiger partial charge in [-0.15, -0.1) is 0 Å². The SMILES string of the molecule is CC(N)=NC(C)c1ccc(Cl)cc1Cl. The van der Waals surface area contributed by atoms with E-state index >= 15 is 0 Å². The fourth-order valence-corrected chi connectivity index (χ4v) is 1.78. The Morgan fingerprint density at radius 3 is 2.57 bits per heavy atom. The van der Waals surface area contributed by atoms with E-state index in [4.69, 9.17) is 28.9 Å². The number of nitrogens with two attached hydrogens (primary N) is 1. The summed E-state index contributed by atoms with van der Waals surface area (Å²) >= 11 is 11.8. The van der Waals surface area contributed by atoms with E-state index in [1.165, 1.54) is 0 Å². The Balaban J connectivity index is 3.02. The first-order valence-corrected chi connectivity index (χ1v) is 5.01. The molecule has 0 heterocycles. The predicted octanol–water partition coefficient (Wildman–Crippen LogP) is 3.43. The quantitative estimate of drug-likeness (QED) is 0.614. The van der Waals surface area contributed by atoms with Crippen molar-refractivity contribution in [2.24, 2.45) is 10.7 Å². The van der Waals surface area contributed by atoms with E-state index in [1.54, 1.807) is 19.1 Å². The second kappa shape index (κ2) is 4.67. The Morgan fingerprint density at radius 1 is 1.43 bits per heavy atom. The lowest BCUT2D eigenvalue weighted by Crippen LogP contribution is -2.07. The first kappa shape index (κ1) is 11.3. The van der Waals surface area contributed by atoms with Crippen LogP contribution in [-0.4, -0.2) is 5.84 Å². The van der Waals surface area contributed by atoms with Gasteiger partial charge in [0.05, 0.1) is 11.9 Å². The van der Waals surface area contributed by atoms with E-state index in [9.17, 15) is 0 Å². The summed E-state index contributed by atoms with van der Waals surface area (Å²) in [6, 6.07) is 5.32. The summed E-state index contributed by atoms with van der Waals surface area (Å²) in [6.07, 6.45) is 0. The topological polar surface area (TPSA) is 38.4 Å². The van der Waals surface area contributed by atoms with Crippen LogP contribution in [-0.2, 0) is 0 Å². The van der Waals surface area contributed by atoms with Crippen molar-refractivity contribution in [2.75, 3.05) is 0 Å². The molecule has 0 fully saturated rings. The molecular formula is C10H12Cl2N2. The Morgan fingerprint density at radius 2 is 2.07 bits per heavy atom. The van der Waals surface area contributed by atoms with E-state index in [1.807, 2.05) is 13.0 Å². The highest BCUT2D eigenvalue weighted by atomic mass is 35.5. The lowest BCUT2D eigenvalue weighted by atomic mass is 10.1. The summed E-state index contributed by atoms with van der Waals surface area (Å²) in [5.74, 6) is 0.545. The van der Waals surface area contributed by atoms with E-state index in [2.05, 4.69) is 4.99 Å². The van der Waals surface area contributed by atoms with Crippen molar-refractivity contribution in [1.29, 1.82) is 0 Å². The molecule has 0 aliphatic rings. The van der Waals surface area contributed by atoms with Gasteiger partial charge in [-0.2, -0.15) is 0 Å². The first-order valence-electron chi connectivity index (χ1n) is 4.25. The molecule has 0 aliphatic heterocycles. The molecule has 1 aromatic rings. The van der Waals surface area contributed by atoms with E-state index in [0.29, 0.717) is 15.9 Å². The summed E-state index contributed by atoms with van der Waals surface area (Å²) in [7, 11) is 0. The van der Waals surface area contributed by atoms with Gasteiger partial charge < -0.3 is 5.73 Å². The molecule has 14 heavy (non-hydrogen) atoms. The number of benzene rings is 1. The van der Waals surface area contributed by atoms with Gasteiger partial charge >= 0.3 is 0 Å². The van der Waals surface area contributed by atoms with Gasteiger partial charge in [-0.3, -0.25) is 4.99 Å². The third-order valence-corrected chi connectivity index (χ3v) is 2.37. The van der Waals surface area contributed by atoms with Crippen LogP contribution in [0.15, 0.2) is 23.2 Å². The standard InChI is InChI=1S/C10H12Cl2N2/c1-6(14-7(2)13)9-4-3-8(11)5-10(9)12/h3-6H,1-2H3,(H2,13,14). The molecule has 0 aliphatic carbocycles. The molecule has 2 nitrogen and oxygen atoms in total. The number of rotatable bonds is 2. The van der Waals surface area contributed by atoms with Crippen molar-refractivity contribution in [2.45, 2.75) is 19.9 Å². The molecule has 2 N–H and O–H groups in total. The van der Waals surface area contributed by atoms with Crippen LogP contribution >= 0.6 is 23.2 Å². The van der Waals surface area contributed by atoms with Gasteiger partial charge in [-0.05, 0) is 31.5 Å². The van der Waals surface area contributed by atoms with Crippen LogP contribution in [0, 0.1) is 0 Å². The molecule has 0 saturated heterocycles. The van der Waals surface area contributed by atoms with Crippen molar-refractivity contribution < 1.29 is 0 Å². The van der Waals surface area contributed by atoms with Crippen LogP contribution in [0.1, 0.15) is 25.5 Å². The molecule has 4 heteroatoms. The monoisotopic (exact) mass is 230 g/mol. The minimum Gasteiger partial charge on any atom is -0.388 e.